The number of rotatable bonds is 7. The first-order valence-corrected chi connectivity index (χ1v) is 15.0. The summed E-state index contributed by atoms with van der Waals surface area (Å²) in [7, 11) is 1.35. The number of nitrogens with one attached hydrogen (secondary N) is 1. The second kappa shape index (κ2) is 10.8. The highest BCUT2D eigenvalue weighted by molar-refractivity contribution is 7.99. The predicted octanol–water partition coefficient (Wildman–Crippen LogP) is 6.18. The molecular weight excluding hydrogens is 551 g/mol. The van der Waals surface area contributed by atoms with Gasteiger partial charge in [-0.1, -0.05) is 60.3 Å². The summed E-state index contributed by atoms with van der Waals surface area (Å²) in [6.45, 7) is 0. The first-order valence-electron chi connectivity index (χ1n) is 12.4. The molecule has 0 saturated carbocycles. The summed E-state index contributed by atoms with van der Waals surface area (Å²) in [6.07, 6.45) is 2.70. The lowest BCUT2D eigenvalue weighted by Crippen LogP contribution is -2.23. The molecule has 10 heteroatoms. The largest absolute Gasteiger partial charge is 0.465 e. The molecule has 3 aromatic heterocycles. The highest BCUT2D eigenvalue weighted by Gasteiger charge is 2.28. The lowest BCUT2D eigenvalue weighted by Gasteiger charge is -2.13. The molecule has 1 aliphatic rings. The molecule has 5 aromatic rings. The fourth-order valence-electron chi connectivity index (χ4n) is 4.81. The minimum atomic E-state index is -0.436. The highest BCUT2D eigenvalue weighted by atomic mass is 32.2. The fraction of sp³-hybridized carbons (Fsp3) is 0.172. The smallest absolute Gasteiger partial charge is 0.341 e. The topological polar surface area (TPSA) is 90.3 Å². The number of amides is 1. The van der Waals surface area contributed by atoms with Crippen molar-refractivity contribution in [2.24, 2.45) is 0 Å². The van der Waals surface area contributed by atoms with E-state index >= 15 is 0 Å². The van der Waals surface area contributed by atoms with Gasteiger partial charge in [0.15, 0.2) is 5.16 Å². The van der Waals surface area contributed by atoms with E-state index in [1.54, 1.807) is 4.57 Å². The molecule has 1 amide bonds. The number of carbonyl (C=O) groups is 2. The van der Waals surface area contributed by atoms with E-state index in [9.17, 15) is 14.4 Å². The van der Waals surface area contributed by atoms with E-state index < -0.39 is 5.97 Å². The number of benzene rings is 2. The predicted molar refractivity (Wildman–Crippen MR) is 158 cm³/mol. The number of para-hydroxylation sites is 1. The molecule has 1 aliphatic carbocycles. The van der Waals surface area contributed by atoms with Crippen LogP contribution >= 0.6 is 34.4 Å². The number of carbonyl (C=O) groups excluding carboxylic acids is 2. The maximum absolute atomic E-state index is 13.9. The molecule has 196 valence electrons. The summed E-state index contributed by atoms with van der Waals surface area (Å²) in [5, 5.41) is 6.36. The molecular formula is C29H23N3O4S3. The van der Waals surface area contributed by atoms with Gasteiger partial charge in [0.2, 0.25) is 5.91 Å². The molecule has 0 unspecified atom stereocenters. The van der Waals surface area contributed by atoms with E-state index in [1.165, 1.54) is 41.5 Å². The number of hydrogen-bond acceptors (Lipinski definition) is 8. The number of methoxy groups -OCH3 is 1. The number of ether oxygens (including phenoxy) is 1. The van der Waals surface area contributed by atoms with Crippen LogP contribution in [0.1, 0.15) is 27.2 Å². The van der Waals surface area contributed by atoms with Crippen molar-refractivity contribution in [3.8, 4) is 16.8 Å². The van der Waals surface area contributed by atoms with Crippen molar-refractivity contribution in [2.45, 2.75) is 24.4 Å². The van der Waals surface area contributed by atoms with Crippen LogP contribution in [0.3, 0.4) is 0 Å². The van der Waals surface area contributed by atoms with Crippen molar-refractivity contribution < 1.29 is 14.3 Å². The van der Waals surface area contributed by atoms with E-state index in [0.29, 0.717) is 31.6 Å². The minimum absolute atomic E-state index is 0.0187. The molecule has 0 spiro atoms. The van der Waals surface area contributed by atoms with Crippen molar-refractivity contribution >= 4 is 61.5 Å². The molecule has 0 fully saturated rings. The number of thioether (sulfide) groups is 1. The van der Waals surface area contributed by atoms with Crippen LogP contribution in [0.2, 0.25) is 0 Å². The summed E-state index contributed by atoms with van der Waals surface area (Å²) in [4.78, 5) is 46.0. The molecule has 0 radical (unpaired) electrons. The first-order chi connectivity index (χ1) is 19.0. The van der Waals surface area contributed by atoms with E-state index in [4.69, 9.17) is 9.72 Å². The van der Waals surface area contributed by atoms with Crippen LogP contribution < -0.4 is 10.9 Å². The number of esters is 1. The van der Waals surface area contributed by atoms with Gasteiger partial charge in [-0.05, 0) is 42.5 Å². The zero-order valence-electron chi connectivity index (χ0n) is 20.9. The van der Waals surface area contributed by atoms with E-state index in [1.807, 2.05) is 66.0 Å². The number of aromatic nitrogens is 2. The number of fused-ring (bicyclic) bond motifs is 2. The van der Waals surface area contributed by atoms with Crippen LogP contribution in [-0.2, 0) is 22.4 Å². The van der Waals surface area contributed by atoms with E-state index in [-0.39, 0.29) is 17.2 Å². The zero-order chi connectivity index (χ0) is 26.9. The maximum Gasteiger partial charge on any atom is 0.341 e. The second-order valence-corrected chi connectivity index (χ2v) is 11.9. The number of aryl methyl sites for hydroxylation is 1. The number of hydrogen-bond donors (Lipinski definition) is 1. The third-order valence-electron chi connectivity index (χ3n) is 6.57. The van der Waals surface area contributed by atoms with Crippen molar-refractivity contribution in [3.63, 3.8) is 0 Å². The Hall–Kier alpha value is -3.73. The fourth-order valence-corrected chi connectivity index (χ4v) is 7.90. The van der Waals surface area contributed by atoms with E-state index in [0.717, 1.165) is 40.8 Å². The van der Waals surface area contributed by atoms with Crippen molar-refractivity contribution in [1.29, 1.82) is 0 Å². The van der Waals surface area contributed by atoms with Gasteiger partial charge < -0.3 is 10.1 Å². The van der Waals surface area contributed by atoms with Gasteiger partial charge >= 0.3 is 5.97 Å². The molecule has 39 heavy (non-hydrogen) atoms. The van der Waals surface area contributed by atoms with Crippen LogP contribution in [0.5, 0.6) is 0 Å². The van der Waals surface area contributed by atoms with Crippen LogP contribution in [-0.4, -0.2) is 34.3 Å². The van der Waals surface area contributed by atoms with Crippen molar-refractivity contribution in [1.82, 2.24) is 9.55 Å². The van der Waals surface area contributed by atoms with Crippen molar-refractivity contribution in [3.05, 3.63) is 92.4 Å². The third kappa shape index (κ3) is 4.80. The van der Waals surface area contributed by atoms with Crippen LogP contribution in [0.25, 0.3) is 27.0 Å². The van der Waals surface area contributed by atoms with Gasteiger partial charge in [-0.25, -0.2) is 9.78 Å². The Balaban J connectivity index is 1.34. The standard InChI is InChI=1S/C29H23N3O4S3/c1-36-28(35)24-19-13-8-14-21(19)39-26(24)30-22(33)16-38-29-31-25-23(20(15-37-25)17-9-4-2-5-10-17)27(34)32(29)18-11-6-3-7-12-18/h2-7,9-12,15H,8,13-14,16H2,1H3,(H,30,33). The molecule has 1 N–H and O–H groups in total. The van der Waals surface area contributed by atoms with Gasteiger partial charge in [0.25, 0.3) is 5.56 Å². The van der Waals surface area contributed by atoms with Crippen LogP contribution in [0.4, 0.5) is 5.00 Å². The van der Waals surface area contributed by atoms with Gasteiger partial charge in [0.1, 0.15) is 9.83 Å². The number of thiophene rings is 2. The Kier molecular flexibility index (Phi) is 7.07. The molecule has 0 atom stereocenters. The van der Waals surface area contributed by atoms with Gasteiger partial charge in [-0.2, -0.15) is 0 Å². The summed E-state index contributed by atoms with van der Waals surface area (Å²) < 4.78 is 6.56. The molecule has 0 bridgehead atoms. The van der Waals surface area contributed by atoms with Crippen molar-refractivity contribution in [2.75, 3.05) is 18.2 Å². The summed E-state index contributed by atoms with van der Waals surface area (Å²) in [5.74, 6) is -0.699. The monoisotopic (exact) mass is 573 g/mol. The Labute approximate surface area is 236 Å². The zero-order valence-corrected chi connectivity index (χ0v) is 23.4. The highest BCUT2D eigenvalue weighted by Crippen LogP contribution is 2.39. The molecule has 0 saturated heterocycles. The average molecular weight is 574 g/mol. The van der Waals surface area contributed by atoms with E-state index in [2.05, 4.69) is 5.32 Å². The lowest BCUT2D eigenvalue weighted by atomic mass is 10.1. The van der Waals surface area contributed by atoms with Gasteiger partial charge in [-0.3, -0.25) is 14.2 Å². The van der Waals surface area contributed by atoms with Crippen LogP contribution in [0, 0.1) is 0 Å². The van der Waals surface area contributed by atoms with Gasteiger partial charge in [0, 0.05) is 15.8 Å². The second-order valence-electron chi connectivity index (χ2n) is 8.96. The molecule has 3 heterocycles. The minimum Gasteiger partial charge on any atom is -0.465 e. The lowest BCUT2D eigenvalue weighted by molar-refractivity contribution is -0.113. The average Bonchev–Trinajstić information content (AvgIpc) is 3.67. The van der Waals surface area contributed by atoms with Gasteiger partial charge in [0.05, 0.1) is 29.5 Å². The first kappa shape index (κ1) is 25.5. The summed E-state index contributed by atoms with van der Waals surface area (Å²) >= 11 is 4.04. The number of anilines is 1. The number of nitrogens with zero attached hydrogens (tertiary/aromatic N) is 2. The Morgan fingerprint density at radius 2 is 1.82 bits per heavy atom. The van der Waals surface area contributed by atoms with Crippen LogP contribution in [0.15, 0.2) is 76.0 Å². The molecule has 7 nitrogen and oxygen atoms in total. The molecule has 0 aliphatic heterocycles. The Morgan fingerprint density at radius 3 is 2.56 bits per heavy atom. The quantitative estimate of drug-likeness (QED) is 0.142. The Morgan fingerprint density at radius 1 is 1.08 bits per heavy atom. The SMILES string of the molecule is COC(=O)c1c(NC(=O)CSc2nc3scc(-c4ccccc4)c3c(=O)n2-c2ccccc2)sc2c1CCC2. The van der Waals surface area contributed by atoms with Gasteiger partial charge in [-0.15, -0.1) is 22.7 Å². The normalized spacial score (nSPS) is 12.4. The maximum atomic E-state index is 13.9. The third-order valence-corrected chi connectivity index (χ3v) is 9.59. The summed E-state index contributed by atoms with van der Waals surface area (Å²) in [6, 6.07) is 19.1. The Bertz CT molecular complexity index is 1760. The molecule has 6 rings (SSSR count). The molecule has 2 aromatic carbocycles. The summed E-state index contributed by atoms with van der Waals surface area (Å²) in [5.41, 5.74) is 3.72.